The third-order valence-electron chi connectivity index (χ3n) is 2.83. The lowest BCUT2D eigenvalue weighted by Gasteiger charge is -2.30. The molecule has 0 radical (unpaired) electrons. The van der Waals surface area contributed by atoms with Gasteiger partial charge in [0.25, 0.3) is 0 Å². The third kappa shape index (κ3) is 3.11. The zero-order valence-corrected chi connectivity index (χ0v) is 10.4. The summed E-state index contributed by atoms with van der Waals surface area (Å²) in [5, 5.41) is 0. The number of nitrogens with zero attached hydrogens (tertiary/aromatic N) is 1. The van der Waals surface area contributed by atoms with Crippen molar-refractivity contribution in [2.75, 3.05) is 13.7 Å². The van der Waals surface area contributed by atoms with Crippen molar-refractivity contribution in [1.29, 1.82) is 0 Å². The second-order valence-electron chi connectivity index (χ2n) is 4.08. The molecule has 4 heteroatoms. The Morgan fingerprint density at radius 3 is 2.89 bits per heavy atom. The minimum atomic E-state index is -0.338. The first kappa shape index (κ1) is 12.6. The molecule has 0 bridgehead atoms. The van der Waals surface area contributed by atoms with Crippen LogP contribution in [-0.4, -0.2) is 30.9 Å². The molecule has 4 nitrogen and oxygen atoms in total. The lowest BCUT2D eigenvalue weighted by Crippen LogP contribution is -2.42. The largest absolute Gasteiger partial charge is 0.444 e. The van der Waals surface area contributed by atoms with Crippen LogP contribution in [0.15, 0.2) is 42.5 Å². The van der Waals surface area contributed by atoms with E-state index < -0.39 is 0 Å². The predicted molar refractivity (Wildman–Crippen MR) is 67.9 cm³/mol. The number of ether oxygens (including phenoxy) is 2. The molecule has 2 rings (SSSR count). The first-order valence-electron chi connectivity index (χ1n) is 5.98. The van der Waals surface area contributed by atoms with Gasteiger partial charge in [-0.3, -0.25) is 4.90 Å². The Bertz CT molecular complexity index is 416. The Kier molecular flexibility index (Phi) is 4.36. The summed E-state index contributed by atoms with van der Waals surface area (Å²) >= 11 is 0. The average Bonchev–Trinajstić information content (AvgIpc) is 2.45. The zero-order valence-electron chi connectivity index (χ0n) is 10.4. The van der Waals surface area contributed by atoms with E-state index >= 15 is 0 Å². The van der Waals surface area contributed by atoms with Crippen molar-refractivity contribution in [3.8, 4) is 0 Å². The summed E-state index contributed by atoms with van der Waals surface area (Å²) in [5.74, 6) is 0. The van der Waals surface area contributed by atoms with Gasteiger partial charge in [0.1, 0.15) is 6.61 Å². The topological polar surface area (TPSA) is 38.8 Å². The summed E-state index contributed by atoms with van der Waals surface area (Å²) in [6.07, 6.45) is 4.06. The van der Waals surface area contributed by atoms with Crippen LogP contribution < -0.4 is 0 Å². The first-order valence-corrected chi connectivity index (χ1v) is 5.98. The van der Waals surface area contributed by atoms with Gasteiger partial charge >= 0.3 is 6.09 Å². The van der Waals surface area contributed by atoms with Gasteiger partial charge in [-0.15, -0.1) is 0 Å². The molecule has 1 aliphatic rings. The molecular formula is C14H17NO3. The summed E-state index contributed by atoms with van der Waals surface area (Å²) in [6, 6.07) is 9.63. The quantitative estimate of drug-likeness (QED) is 0.770. The molecule has 1 unspecified atom stereocenters. The molecule has 1 aromatic rings. The summed E-state index contributed by atoms with van der Waals surface area (Å²) in [5.41, 5.74) is 0.979. The van der Waals surface area contributed by atoms with Crippen LogP contribution in [0.4, 0.5) is 4.79 Å². The fourth-order valence-corrected chi connectivity index (χ4v) is 1.86. The van der Waals surface area contributed by atoms with Crippen LogP contribution in [0.5, 0.6) is 0 Å². The lowest BCUT2D eigenvalue weighted by atomic mass is 10.2. The van der Waals surface area contributed by atoms with E-state index in [4.69, 9.17) is 9.47 Å². The van der Waals surface area contributed by atoms with Crippen LogP contribution >= 0.6 is 0 Å². The fraction of sp³-hybridized carbons (Fsp3) is 0.357. The maximum Gasteiger partial charge on any atom is 0.412 e. The summed E-state index contributed by atoms with van der Waals surface area (Å²) < 4.78 is 10.5. The average molecular weight is 247 g/mol. The van der Waals surface area contributed by atoms with Crippen LogP contribution in [0.25, 0.3) is 0 Å². The normalized spacial score (nSPS) is 18.7. The van der Waals surface area contributed by atoms with Crippen molar-refractivity contribution < 1.29 is 14.3 Å². The highest BCUT2D eigenvalue weighted by Gasteiger charge is 2.24. The van der Waals surface area contributed by atoms with E-state index in [1.54, 1.807) is 12.0 Å². The van der Waals surface area contributed by atoms with Crippen LogP contribution in [0.2, 0.25) is 0 Å². The Hall–Kier alpha value is -1.81. The van der Waals surface area contributed by atoms with E-state index in [9.17, 15) is 4.79 Å². The van der Waals surface area contributed by atoms with Gasteiger partial charge in [0.2, 0.25) is 0 Å². The Morgan fingerprint density at radius 2 is 2.17 bits per heavy atom. The predicted octanol–water partition coefficient (Wildman–Crippen LogP) is 2.56. The van der Waals surface area contributed by atoms with Crippen molar-refractivity contribution in [2.45, 2.75) is 19.3 Å². The first-order chi connectivity index (χ1) is 8.81. The number of carbonyl (C=O) groups is 1. The second kappa shape index (κ2) is 6.21. The van der Waals surface area contributed by atoms with E-state index in [2.05, 4.69) is 0 Å². The molecular weight excluding hydrogens is 230 g/mol. The molecule has 0 saturated carbocycles. The van der Waals surface area contributed by atoms with Gasteiger partial charge in [0.15, 0.2) is 6.23 Å². The monoisotopic (exact) mass is 247 g/mol. The summed E-state index contributed by atoms with van der Waals surface area (Å²) in [7, 11) is 1.58. The molecule has 0 N–H and O–H groups in total. The number of carbonyl (C=O) groups excluding carboxylic acids is 1. The van der Waals surface area contributed by atoms with Crippen LogP contribution in [-0.2, 0) is 16.1 Å². The number of amides is 1. The van der Waals surface area contributed by atoms with E-state index in [-0.39, 0.29) is 18.9 Å². The van der Waals surface area contributed by atoms with Crippen LogP contribution in [0, 0.1) is 0 Å². The number of hydrogen-bond donors (Lipinski definition) is 0. The van der Waals surface area contributed by atoms with Gasteiger partial charge in [-0.25, -0.2) is 4.79 Å². The van der Waals surface area contributed by atoms with E-state index in [1.165, 1.54) is 0 Å². The molecule has 0 spiro atoms. The number of benzene rings is 1. The van der Waals surface area contributed by atoms with Gasteiger partial charge in [-0.05, 0) is 18.1 Å². The van der Waals surface area contributed by atoms with E-state index in [1.807, 2.05) is 42.5 Å². The van der Waals surface area contributed by atoms with E-state index in [0.717, 1.165) is 12.0 Å². The SMILES string of the molecule is COC1C=CCCN1C(=O)OCc1ccccc1. The van der Waals surface area contributed by atoms with Crippen molar-refractivity contribution >= 4 is 6.09 Å². The molecule has 0 aromatic heterocycles. The molecule has 1 heterocycles. The lowest BCUT2D eigenvalue weighted by molar-refractivity contribution is -0.00666. The smallest absolute Gasteiger partial charge is 0.412 e. The van der Waals surface area contributed by atoms with Crippen molar-refractivity contribution in [3.63, 3.8) is 0 Å². The van der Waals surface area contributed by atoms with Crippen LogP contribution in [0.3, 0.4) is 0 Å². The Balaban J connectivity index is 1.90. The van der Waals surface area contributed by atoms with Crippen molar-refractivity contribution in [3.05, 3.63) is 48.0 Å². The highest BCUT2D eigenvalue weighted by molar-refractivity contribution is 5.68. The Morgan fingerprint density at radius 1 is 1.39 bits per heavy atom. The molecule has 96 valence electrons. The number of rotatable bonds is 3. The maximum atomic E-state index is 11.9. The minimum Gasteiger partial charge on any atom is -0.444 e. The van der Waals surface area contributed by atoms with E-state index in [0.29, 0.717) is 6.54 Å². The van der Waals surface area contributed by atoms with Gasteiger partial charge < -0.3 is 9.47 Å². The van der Waals surface area contributed by atoms with Crippen molar-refractivity contribution in [2.24, 2.45) is 0 Å². The number of hydrogen-bond acceptors (Lipinski definition) is 3. The summed E-state index contributed by atoms with van der Waals surface area (Å²) in [6.45, 7) is 0.916. The van der Waals surface area contributed by atoms with Crippen molar-refractivity contribution in [1.82, 2.24) is 4.90 Å². The molecule has 1 aromatic carbocycles. The van der Waals surface area contributed by atoms with Gasteiger partial charge in [-0.1, -0.05) is 36.4 Å². The van der Waals surface area contributed by atoms with Crippen LogP contribution in [0.1, 0.15) is 12.0 Å². The summed E-state index contributed by atoms with van der Waals surface area (Å²) in [4.78, 5) is 13.5. The fourth-order valence-electron chi connectivity index (χ4n) is 1.86. The molecule has 1 aliphatic heterocycles. The zero-order chi connectivity index (χ0) is 12.8. The van der Waals surface area contributed by atoms with Gasteiger partial charge in [0, 0.05) is 13.7 Å². The third-order valence-corrected chi connectivity index (χ3v) is 2.83. The molecule has 0 saturated heterocycles. The molecule has 0 aliphatic carbocycles. The molecule has 18 heavy (non-hydrogen) atoms. The second-order valence-corrected chi connectivity index (χ2v) is 4.08. The standard InChI is InChI=1S/C14H17NO3/c1-17-13-9-5-6-10-15(13)14(16)18-11-12-7-3-2-4-8-12/h2-5,7-9,13H,6,10-11H2,1H3. The Labute approximate surface area is 107 Å². The maximum absolute atomic E-state index is 11.9. The minimum absolute atomic E-state index is 0.288. The van der Waals surface area contributed by atoms with Gasteiger partial charge in [-0.2, -0.15) is 0 Å². The highest BCUT2D eigenvalue weighted by atomic mass is 16.6. The number of methoxy groups -OCH3 is 1. The molecule has 1 amide bonds. The molecule has 0 fully saturated rings. The molecule has 1 atom stereocenters. The van der Waals surface area contributed by atoms with Gasteiger partial charge in [0.05, 0.1) is 0 Å². The highest BCUT2D eigenvalue weighted by Crippen LogP contribution is 2.13.